The summed E-state index contributed by atoms with van der Waals surface area (Å²) in [7, 11) is 0. The molecule has 3 rings (SSSR count). The largest absolute Gasteiger partial charge is 0.493 e. The van der Waals surface area contributed by atoms with Gasteiger partial charge >= 0.3 is 0 Å². The summed E-state index contributed by atoms with van der Waals surface area (Å²) >= 11 is 0. The first-order chi connectivity index (χ1) is 12.1. The van der Waals surface area contributed by atoms with Crippen LogP contribution in [0, 0.1) is 0 Å². The first kappa shape index (κ1) is 17.0. The minimum absolute atomic E-state index is 0.00282. The summed E-state index contributed by atoms with van der Waals surface area (Å²) in [5, 5.41) is 2.69. The molecule has 1 aliphatic rings. The minimum Gasteiger partial charge on any atom is -0.493 e. The van der Waals surface area contributed by atoms with Crippen molar-refractivity contribution in [3.8, 4) is 5.75 Å². The SMILES string of the molecule is CC1Cc2ccccc2N1C(=O)CNC(=O)CCOc1ccccc1. The molecule has 0 aliphatic carbocycles. The van der Waals surface area contributed by atoms with Crippen molar-refractivity contribution in [2.45, 2.75) is 25.8 Å². The average Bonchev–Trinajstić information content (AvgIpc) is 2.96. The molecule has 0 fully saturated rings. The van der Waals surface area contributed by atoms with E-state index in [1.54, 1.807) is 4.90 Å². The predicted molar refractivity (Wildman–Crippen MR) is 96.7 cm³/mol. The van der Waals surface area contributed by atoms with Crippen LogP contribution in [0.15, 0.2) is 54.6 Å². The second-order valence-electron chi connectivity index (χ2n) is 6.13. The summed E-state index contributed by atoms with van der Waals surface area (Å²) in [6.07, 6.45) is 1.06. The molecule has 2 aromatic rings. The Morgan fingerprint density at radius 3 is 2.64 bits per heavy atom. The predicted octanol–water partition coefficient (Wildman–Crippen LogP) is 2.55. The Labute approximate surface area is 147 Å². The number of rotatable bonds is 6. The zero-order valence-electron chi connectivity index (χ0n) is 14.3. The molecule has 130 valence electrons. The van der Waals surface area contributed by atoms with Gasteiger partial charge in [0, 0.05) is 11.7 Å². The molecule has 0 spiro atoms. The fourth-order valence-electron chi connectivity index (χ4n) is 3.07. The van der Waals surface area contributed by atoms with Crippen molar-refractivity contribution in [3.05, 3.63) is 60.2 Å². The molecule has 2 aromatic carbocycles. The third-order valence-corrected chi connectivity index (χ3v) is 4.25. The summed E-state index contributed by atoms with van der Waals surface area (Å²) < 4.78 is 5.49. The van der Waals surface area contributed by atoms with E-state index in [9.17, 15) is 9.59 Å². The number of benzene rings is 2. The van der Waals surface area contributed by atoms with E-state index in [1.165, 1.54) is 5.56 Å². The summed E-state index contributed by atoms with van der Waals surface area (Å²) in [5.74, 6) is 0.452. The Hall–Kier alpha value is -2.82. The van der Waals surface area contributed by atoms with Crippen LogP contribution in [0.25, 0.3) is 0 Å². The molecule has 0 saturated carbocycles. The summed E-state index contributed by atoms with van der Waals surface area (Å²) in [6.45, 7) is 2.31. The van der Waals surface area contributed by atoms with Crippen LogP contribution in [-0.4, -0.2) is 31.0 Å². The van der Waals surface area contributed by atoms with E-state index in [4.69, 9.17) is 4.74 Å². The minimum atomic E-state index is -0.190. The van der Waals surface area contributed by atoms with Gasteiger partial charge in [0.05, 0.1) is 19.6 Å². The van der Waals surface area contributed by atoms with Gasteiger partial charge < -0.3 is 15.0 Å². The molecule has 2 amide bonds. The maximum absolute atomic E-state index is 12.5. The summed E-state index contributed by atoms with van der Waals surface area (Å²) in [4.78, 5) is 26.2. The molecule has 0 bridgehead atoms. The number of carbonyl (C=O) groups excluding carboxylic acids is 2. The first-order valence-corrected chi connectivity index (χ1v) is 8.49. The fraction of sp³-hybridized carbons (Fsp3) is 0.300. The lowest BCUT2D eigenvalue weighted by Crippen LogP contribution is -2.43. The number of nitrogens with one attached hydrogen (secondary N) is 1. The van der Waals surface area contributed by atoms with E-state index in [1.807, 2.05) is 61.5 Å². The molecule has 1 heterocycles. The fourth-order valence-corrected chi connectivity index (χ4v) is 3.07. The van der Waals surface area contributed by atoms with Crippen molar-refractivity contribution in [2.75, 3.05) is 18.1 Å². The molecule has 1 unspecified atom stereocenters. The normalized spacial score (nSPS) is 15.6. The number of carbonyl (C=O) groups is 2. The monoisotopic (exact) mass is 338 g/mol. The van der Waals surface area contributed by atoms with Crippen molar-refractivity contribution in [2.24, 2.45) is 0 Å². The second kappa shape index (κ2) is 7.83. The van der Waals surface area contributed by atoms with Crippen LogP contribution in [0.1, 0.15) is 18.9 Å². The van der Waals surface area contributed by atoms with Crippen molar-refractivity contribution in [3.63, 3.8) is 0 Å². The Kier molecular flexibility index (Phi) is 5.33. The van der Waals surface area contributed by atoms with Gasteiger partial charge in [0.2, 0.25) is 11.8 Å². The molecule has 1 N–H and O–H groups in total. The van der Waals surface area contributed by atoms with Crippen LogP contribution in [0.2, 0.25) is 0 Å². The van der Waals surface area contributed by atoms with E-state index >= 15 is 0 Å². The highest BCUT2D eigenvalue weighted by molar-refractivity contribution is 5.99. The van der Waals surface area contributed by atoms with Gasteiger partial charge in [-0.3, -0.25) is 9.59 Å². The van der Waals surface area contributed by atoms with Gasteiger partial charge in [0.1, 0.15) is 5.75 Å². The maximum atomic E-state index is 12.5. The highest BCUT2D eigenvalue weighted by Gasteiger charge is 2.30. The molecule has 1 aliphatic heterocycles. The molecule has 25 heavy (non-hydrogen) atoms. The Balaban J connectivity index is 1.45. The topological polar surface area (TPSA) is 58.6 Å². The summed E-state index contributed by atoms with van der Waals surface area (Å²) in [6, 6.07) is 17.4. The molecule has 0 radical (unpaired) electrons. The van der Waals surface area contributed by atoms with Gasteiger partial charge in [-0.05, 0) is 37.1 Å². The quantitative estimate of drug-likeness (QED) is 0.881. The van der Waals surface area contributed by atoms with Gasteiger partial charge in [-0.1, -0.05) is 36.4 Å². The number of nitrogens with zero attached hydrogens (tertiary/aromatic N) is 1. The number of anilines is 1. The highest BCUT2D eigenvalue weighted by atomic mass is 16.5. The van der Waals surface area contributed by atoms with Crippen molar-refractivity contribution in [1.82, 2.24) is 5.32 Å². The zero-order valence-corrected chi connectivity index (χ0v) is 14.3. The van der Waals surface area contributed by atoms with E-state index in [-0.39, 0.29) is 37.4 Å². The molecule has 0 saturated heterocycles. The van der Waals surface area contributed by atoms with Crippen LogP contribution < -0.4 is 15.0 Å². The summed E-state index contributed by atoms with van der Waals surface area (Å²) in [5.41, 5.74) is 2.12. The number of para-hydroxylation sites is 2. The molecule has 5 nitrogen and oxygen atoms in total. The smallest absolute Gasteiger partial charge is 0.246 e. The number of fused-ring (bicyclic) bond motifs is 1. The number of hydrogen-bond acceptors (Lipinski definition) is 3. The van der Waals surface area contributed by atoms with Crippen LogP contribution in [-0.2, 0) is 16.0 Å². The lowest BCUT2D eigenvalue weighted by atomic mass is 10.1. The Morgan fingerprint density at radius 1 is 1.12 bits per heavy atom. The standard InChI is InChI=1S/C20H22N2O3/c1-15-13-16-7-5-6-10-18(16)22(15)20(24)14-21-19(23)11-12-25-17-8-3-2-4-9-17/h2-10,15H,11-14H2,1H3,(H,21,23). The van der Waals surface area contributed by atoms with Gasteiger partial charge in [0.15, 0.2) is 0 Å². The number of hydrogen-bond donors (Lipinski definition) is 1. The number of amides is 2. The van der Waals surface area contributed by atoms with Crippen molar-refractivity contribution >= 4 is 17.5 Å². The average molecular weight is 338 g/mol. The van der Waals surface area contributed by atoms with Crippen LogP contribution in [0.3, 0.4) is 0 Å². The van der Waals surface area contributed by atoms with Gasteiger partial charge in [-0.15, -0.1) is 0 Å². The Morgan fingerprint density at radius 2 is 1.84 bits per heavy atom. The highest BCUT2D eigenvalue weighted by Crippen LogP contribution is 2.31. The first-order valence-electron chi connectivity index (χ1n) is 8.49. The van der Waals surface area contributed by atoms with Gasteiger partial charge in [-0.25, -0.2) is 0 Å². The van der Waals surface area contributed by atoms with Crippen molar-refractivity contribution in [1.29, 1.82) is 0 Å². The van der Waals surface area contributed by atoms with Crippen LogP contribution in [0.4, 0.5) is 5.69 Å². The lowest BCUT2D eigenvalue weighted by molar-refractivity contribution is -0.125. The third-order valence-electron chi connectivity index (χ3n) is 4.25. The van der Waals surface area contributed by atoms with Gasteiger partial charge in [-0.2, -0.15) is 0 Å². The molecule has 1 atom stereocenters. The molecule has 5 heteroatoms. The maximum Gasteiger partial charge on any atom is 0.246 e. The van der Waals surface area contributed by atoms with E-state index in [2.05, 4.69) is 5.32 Å². The molecular formula is C20H22N2O3. The zero-order chi connectivity index (χ0) is 17.6. The third kappa shape index (κ3) is 4.18. The Bertz CT molecular complexity index is 746. The van der Waals surface area contributed by atoms with E-state index in [0.29, 0.717) is 0 Å². The second-order valence-corrected chi connectivity index (χ2v) is 6.13. The van der Waals surface area contributed by atoms with E-state index in [0.717, 1.165) is 17.9 Å². The van der Waals surface area contributed by atoms with Crippen LogP contribution >= 0.6 is 0 Å². The number of ether oxygens (including phenoxy) is 1. The molecular weight excluding hydrogens is 316 g/mol. The lowest BCUT2D eigenvalue weighted by Gasteiger charge is -2.22. The van der Waals surface area contributed by atoms with Gasteiger partial charge in [0.25, 0.3) is 0 Å². The molecule has 0 aromatic heterocycles. The van der Waals surface area contributed by atoms with Crippen LogP contribution in [0.5, 0.6) is 5.75 Å². The van der Waals surface area contributed by atoms with Crippen molar-refractivity contribution < 1.29 is 14.3 Å². The van der Waals surface area contributed by atoms with E-state index < -0.39 is 0 Å².